The van der Waals surface area contributed by atoms with Gasteiger partial charge < -0.3 is 15.7 Å². The molecule has 0 saturated carbocycles. The molecule has 0 radical (unpaired) electrons. The van der Waals surface area contributed by atoms with Gasteiger partial charge in [-0.2, -0.15) is 13.2 Å². The van der Waals surface area contributed by atoms with E-state index >= 15 is 0 Å². The summed E-state index contributed by atoms with van der Waals surface area (Å²) in [5.41, 5.74) is 4.10. The Balaban J connectivity index is 2.25. The van der Waals surface area contributed by atoms with Gasteiger partial charge in [-0.1, -0.05) is 0 Å². The molecule has 0 aliphatic carbocycles. The van der Waals surface area contributed by atoms with Crippen molar-refractivity contribution in [3.8, 4) is 0 Å². The number of nitrogens with zero attached hydrogens (tertiary/aromatic N) is 1. The van der Waals surface area contributed by atoms with Crippen LogP contribution in [0.25, 0.3) is 0 Å². The molecule has 3 nitrogen and oxygen atoms in total. The topological polar surface area (TPSA) is 49.5 Å². The molecular weight excluding hydrogens is 269 g/mol. The highest BCUT2D eigenvalue weighted by atomic mass is 19.4. The van der Waals surface area contributed by atoms with E-state index in [1.807, 2.05) is 4.90 Å². The van der Waals surface area contributed by atoms with Gasteiger partial charge >= 0.3 is 6.18 Å². The molecule has 1 aliphatic rings. The molecule has 20 heavy (non-hydrogen) atoms. The molecule has 2 rings (SSSR count). The highest BCUT2D eigenvalue weighted by molar-refractivity contribution is 5.59. The van der Waals surface area contributed by atoms with E-state index in [0.717, 1.165) is 12.5 Å². The minimum atomic E-state index is -4.45. The summed E-state index contributed by atoms with van der Waals surface area (Å²) >= 11 is 0. The van der Waals surface area contributed by atoms with Gasteiger partial charge in [0, 0.05) is 24.5 Å². The molecule has 0 aromatic heterocycles. The van der Waals surface area contributed by atoms with Gasteiger partial charge in [0.15, 0.2) is 0 Å². The molecule has 0 amide bonds. The molecule has 1 aliphatic heterocycles. The number of benzene rings is 1. The predicted octanol–water partition coefficient (Wildman–Crippen LogP) is 3.03. The Kier molecular flexibility index (Phi) is 3.86. The van der Waals surface area contributed by atoms with Crippen molar-refractivity contribution < 1.29 is 18.3 Å². The van der Waals surface area contributed by atoms with Gasteiger partial charge in [0.25, 0.3) is 0 Å². The van der Waals surface area contributed by atoms with Crippen LogP contribution in [0.1, 0.15) is 31.7 Å². The first-order valence-electron chi connectivity index (χ1n) is 6.63. The molecule has 1 saturated heterocycles. The largest absolute Gasteiger partial charge is 0.418 e. The minimum Gasteiger partial charge on any atom is -0.398 e. The lowest BCUT2D eigenvalue weighted by Crippen LogP contribution is -2.28. The molecule has 0 bridgehead atoms. The van der Waals surface area contributed by atoms with E-state index in [1.54, 1.807) is 13.0 Å². The molecule has 1 aromatic carbocycles. The fourth-order valence-corrected chi connectivity index (χ4v) is 2.51. The van der Waals surface area contributed by atoms with Crippen molar-refractivity contribution in [2.75, 3.05) is 23.7 Å². The van der Waals surface area contributed by atoms with Gasteiger partial charge in [0.2, 0.25) is 0 Å². The third-order valence-electron chi connectivity index (χ3n) is 3.77. The van der Waals surface area contributed by atoms with Crippen LogP contribution in [0, 0.1) is 0 Å². The van der Waals surface area contributed by atoms with E-state index in [4.69, 9.17) is 5.73 Å². The molecule has 1 aromatic rings. The zero-order valence-corrected chi connectivity index (χ0v) is 11.4. The summed E-state index contributed by atoms with van der Waals surface area (Å²) in [6.07, 6.45) is -2.50. The number of hydrogen-bond donors (Lipinski definition) is 2. The van der Waals surface area contributed by atoms with Gasteiger partial charge in [-0.05, 0) is 44.4 Å². The highest BCUT2D eigenvalue weighted by Crippen LogP contribution is 2.36. The van der Waals surface area contributed by atoms with Crippen LogP contribution in [-0.2, 0) is 6.18 Å². The summed E-state index contributed by atoms with van der Waals surface area (Å²) in [5, 5.41) is 10.0. The molecule has 1 unspecified atom stereocenters. The Hall–Kier alpha value is -1.43. The number of anilines is 2. The average Bonchev–Trinajstić information content (AvgIpc) is 2.49. The fraction of sp³-hybridized carbons (Fsp3) is 0.571. The first kappa shape index (κ1) is 15.0. The molecule has 1 atom stereocenters. The van der Waals surface area contributed by atoms with E-state index in [1.165, 1.54) is 6.07 Å². The Labute approximate surface area is 116 Å². The lowest BCUT2D eigenvalue weighted by atomic mass is 9.98. The SMILES string of the molecule is CC1(O)CCCN(c2ccc(N)c(C(F)(F)F)c2)CC1. The molecule has 1 heterocycles. The molecule has 1 fully saturated rings. The van der Waals surface area contributed by atoms with Crippen molar-refractivity contribution in [3.05, 3.63) is 23.8 Å². The first-order chi connectivity index (χ1) is 9.19. The van der Waals surface area contributed by atoms with Crippen LogP contribution in [-0.4, -0.2) is 23.8 Å². The van der Waals surface area contributed by atoms with Crippen molar-refractivity contribution in [1.29, 1.82) is 0 Å². The summed E-state index contributed by atoms with van der Waals surface area (Å²) in [6, 6.07) is 3.99. The van der Waals surface area contributed by atoms with Crippen molar-refractivity contribution in [3.63, 3.8) is 0 Å². The lowest BCUT2D eigenvalue weighted by molar-refractivity contribution is -0.136. The first-order valence-corrected chi connectivity index (χ1v) is 6.63. The highest BCUT2D eigenvalue weighted by Gasteiger charge is 2.34. The van der Waals surface area contributed by atoms with Crippen molar-refractivity contribution in [2.45, 2.75) is 38.0 Å². The zero-order chi connectivity index (χ0) is 15.0. The van der Waals surface area contributed by atoms with Crippen molar-refractivity contribution in [2.24, 2.45) is 0 Å². The summed E-state index contributed by atoms with van der Waals surface area (Å²) in [5.74, 6) is 0. The van der Waals surface area contributed by atoms with Crippen LogP contribution >= 0.6 is 0 Å². The molecular formula is C14H19F3N2O. The predicted molar refractivity (Wildman–Crippen MR) is 72.5 cm³/mol. The van der Waals surface area contributed by atoms with E-state index in [-0.39, 0.29) is 5.69 Å². The normalized spacial score (nSPS) is 24.6. The Morgan fingerprint density at radius 1 is 1.25 bits per heavy atom. The van der Waals surface area contributed by atoms with Gasteiger partial charge in [-0.3, -0.25) is 0 Å². The third kappa shape index (κ3) is 3.36. The smallest absolute Gasteiger partial charge is 0.398 e. The minimum absolute atomic E-state index is 0.261. The number of aliphatic hydroxyl groups is 1. The summed E-state index contributed by atoms with van der Waals surface area (Å²) in [6.45, 7) is 2.94. The standard InChI is InChI=1S/C14H19F3N2O/c1-13(20)5-2-7-19(8-6-13)10-3-4-12(18)11(9-10)14(15,16)17/h3-4,9,20H,2,5-8,18H2,1H3. The van der Waals surface area contributed by atoms with Crippen LogP contribution < -0.4 is 10.6 Å². The number of halogens is 3. The Morgan fingerprint density at radius 2 is 1.95 bits per heavy atom. The fourth-order valence-electron chi connectivity index (χ4n) is 2.51. The maximum atomic E-state index is 12.9. The molecule has 6 heteroatoms. The second-order valence-corrected chi connectivity index (χ2v) is 5.61. The van der Waals surface area contributed by atoms with E-state index in [2.05, 4.69) is 0 Å². The van der Waals surface area contributed by atoms with E-state index < -0.39 is 17.3 Å². The quantitative estimate of drug-likeness (QED) is 0.781. The molecule has 112 valence electrons. The van der Waals surface area contributed by atoms with Crippen LogP contribution in [0.4, 0.5) is 24.5 Å². The van der Waals surface area contributed by atoms with E-state index in [9.17, 15) is 18.3 Å². The summed E-state index contributed by atoms with van der Waals surface area (Å²) in [7, 11) is 0. The third-order valence-corrected chi connectivity index (χ3v) is 3.77. The maximum Gasteiger partial charge on any atom is 0.418 e. The van der Waals surface area contributed by atoms with Crippen LogP contribution in [0.15, 0.2) is 18.2 Å². The molecule has 0 spiro atoms. The van der Waals surface area contributed by atoms with Crippen LogP contribution in [0.3, 0.4) is 0 Å². The van der Waals surface area contributed by atoms with Gasteiger partial charge in [-0.25, -0.2) is 0 Å². The second-order valence-electron chi connectivity index (χ2n) is 5.61. The van der Waals surface area contributed by atoms with Crippen molar-refractivity contribution >= 4 is 11.4 Å². The number of nitrogen functional groups attached to an aromatic ring is 1. The zero-order valence-electron chi connectivity index (χ0n) is 11.4. The Bertz CT molecular complexity index is 486. The second kappa shape index (κ2) is 5.16. The van der Waals surface area contributed by atoms with Gasteiger partial charge in [-0.15, -0.1) is 0 Å². The average molecular weight is 288 g/mol. The number of nitrogens with two attached hydrogens (primary N) is 1. The number of hydrogen-bond acceptors (Lipinski definition) is 3. The van der Waals surface area contributed by atoms with E-state index in [0.29, 0.717) is 31.6 Å². The van der Waals surface area contributed by atoms with Crippen LogP contribution in [0.5, 0.6) is 0 Å². The summed E-state index contributed by atoms with van der Waals surface area (Å²) < 4.78 is 38.6. The van der Waals surface area contributed by atoms with Gasteiger partial charge in [0.05, 0.1) is 11.2 Å². The Morgan fingerprint density at radius 3 is 2.60 bits per heavy atom. The van der Waals surface area contributed by atoms with Crippen molar-refractivity contribution in [1.82, 2.24) is 0 Å². The van der Waals surface area contributed by atoms with Crippen LogP contribution in [0.2, 0.25) is 0 Å². The monoisotopic (exact) mass is 288 g/mol. The summed E-state index contributed by atoms with van der Waals surface area (Å²) in [4.78, 5) is 1.87. The van der Waals surface area contributed by atoms with Gasteiger partial charge in [0.1, 0.15) is 0 Å². The number of alkyl halides is 3. The molecule has 3 N–H and O–H groups in total. The maximum absolute atomic E-state index is 12.9. The number of rotatable bonds is 1. The lowest BCUT2D eigenvalue weighted by Gasteiger charge is -2.25.